The summed E-state index contributed by atoms with van der Waals surface area (Å²) in [5.41, 5.74) is 16.2. The Hall–Kier alpha value is -5.46. The number of aryl methyl sites for hydroxylation is 1. The molecule has 1 aliphatic carbocycles. The van der Waals surface area contributed by atoms with Crippen molar-refractivity contribution in [2.24, 2.45) is 0 Å². The Morgan fingerprint density at radius 3 is 1.82 bits per heavy atom. The number of fused-ring (bicyclic) bond motifs is 6. The molecule has 0 N–H and O–H groups in total. The molecule has 45 heavy (non-hydrogen) atoms. The first kappa shape index (κ1) is 26.0. The molecule has 0 aliphatic heterocycles. The Kier molecular flexibility index (Phi) is 5.80. The topological polar surface area (TPSA) is 0 Å². The summed E-state index contributed by atoms with van der Waals surface area (Å²) < 4.78 is 0. The van der Waals surface area contributed by atoms with Crippen molar-refractivity contribution in [1.29, 1.82) is 0 Å². The van der Waals surface area contributed by atoms with Gasteiger partial charge in [0.15, 0.2) is 0 Å². The summed E-state index contributed by atoms with van der Waals surface area (Å²) in [6.45, 7) is 4.61. The molecule has 0 saturated heterocycles. The van der Waals surface area contributed by atoms with E-state index in [1.165, 1.54) is 99.1 Å². The number of rotatable bonds is 3. The molecule has 0 radical (unpaired) electrons. The van der Waals surface area contributed by atoms with Gasteiger partial charge in [0.2, 0.25) is 0 Å². The molecule has 8 aromatic carbocycles. The van der Waals surface area contributed by atoms with Gasteiger partial charge in [-0.25, -0.2) is 0 Å². The van der Waals surface area contributed by atoms with Crippen LogP contribution in [0.25, 0.3) is 76.8 Å². The molecule has 0 atom stereocenters. The Bertz CT molecular complexity index is 2470. The third-order valence-corrected chi connectivity index (χ3v) is 10.1. The maximum absolute atomic E-state index is 2.43. The van der Waals surface area contributed by atoms with E-state index in [9.17, 15) is 0 Å². The highest BCUT2D eigenvalue weighted by Crippen LogP contribution is 2.50. The van der Waals surface area contributed by atoms with Crippen LogP contribution in [0.15, 0.2) is 146 Å². The van der Waals surface area contributed by atoms with Crippen molar-refractivity contribution in [1.82, 2.24) is 0 Å². The van der Waals surface area contributed by atoms with Crippen LogP contribution in [0.4, 0.5) is 0 Å². The summed E-state index contributed by atoms with van der Waals surface area (Å²) in [6, 6.07) is 54.1. The SMILES string of the molecule is Cc1cc2c(c(-c3c(-c4ccccc4-c4cccc5ccccc45)ccc4cc5ccccc5cc34)c1C)Cc1ccccc1-2. The highest BCUT2D eigenvalue weighted by atomic mass is 14.3. The van der Waals surface area contributed by atoms with E-state index >= 15 is 0 Å². The van der Waals surface area contributed by atoms with Gasteiger partial charge in [0.05, 0.1) is 0 Å². The van der Waals surface area contributed by atoms with Crippen molar-refractivity contribution < 1.29 is 0 Å². The van der Waals surface area contributed by atoms with Crippen molar-refractivity contribution in [3.8, 4) is 44.5 Å². The van der Waals surface area contributed by atoms with Gasteiger partial charge in [-0.2, -0.15) is 0 Å². The average Bonchev–Trinajstić information content (AvgIpc) is 3.45. The molecule has 9 rings (SSSR count). The van der Waals surface area contributed by atoms with Crippen LogP contribution >= 0.6 is 0 Å². The lowest BCUT2D eigenvalue weighted by atomic mass is 9.81. The van der Waals surface area contributed by atoms with Gasteiger partial charge in [0.25, 0.3) is 0 Å². The predicted molar refractivity (Wildman–Crippen MR) is 193 cm³/mol. The van der Waals surface area contributed by atoms with Gasteiger partial charge in [-0.3, -0.25) is 0 Å². The summed E-state index contributed by atoms with van der Waals surface area (Å²) in [6.07, 6.45) is 0.955. The maximum Gasteiger partial charge on any atom is -0.000717 e. The molecule has 0 heteroatoms. The molecular weight excluding hydrogens is 540 g/mol. The quantitative estimate of drug-likeness (QED) is 0.185. The van der Waals surface area contributed by atoms with Crippen LogP contribution in [0.1, 0.15) is 22.3 Å². The molecule has 0 nitrogen and oxygen atoms in total. The zero-order valence-corrected chi connectivity index (χ0v) is 25.6. The third-order valence-electron chi connectivity index (χ3n) is 10.1. The van der Waals surface area contributed by atoms with Gasteiger partial charge in [0, 0.05) is 0 Å². The molecule has 0 fully saturated rings. The minimum absolute atomic E-state index is 0.955. The van der Waals surface area contributed by atoms with E-state index in [0.717, 1.165) is 6.42 Å². The fourth-order valence-corrected chi connectivity index (χ4v) is 7.78. The summed E-state index contributed by atoms with van der Waals surface area (Å²) in [7, 11) is 0. The highest BCUT2D eigenvalue weighted by Gasteiger charge is 2.27. The van der Waals surface area contributed by atoms with E-state index < -0.39 is 0 Å². The Labute approximate surface area is 264 Å². The van der Waals surface area contributed by atoms with E-state index in [-0.39, 0.29) is 0 Å². The van der Waals surface area contributed by atoms with Gasteiger partial charge in [-0.1, -0.05) is 133 Å². The van der Waals surface area contributed by atoms with Crippen molar-refractivity contribution in [3.63, 3.8) is 0 Å². The van der Waals surface area contributed by atoms with Gasteiger partial charge in [0.1, 0.15) is 0 Å². The second kappa shape index (κ2) is 10.0. The van der Waals surface area contributed by atoms with Crippen LogP contribution < -0.4 is 0 Å². The molecule has 1 aliphatic rings. The van der Waals surface area contributed by atoms with E-state index in [2.05, 4.69) is 159 Å². The minimum atomic E-state index is 0.955. The van der Waals surface area contributed by atoms with Crippen LogP contribution in [0.2, 0.25) is 0 Å². The molecule has 8 aromatic rings. The van der Waals surface area contributed by atoms with Crippen LogP contribution in [-0.2, 0) is 6.42 Å². The van der Waals surface area contributed by atoms with E-state index in [1.54, 1.807) is 0 Å². The molecule has 0 amide bonds. The van der Waals surface area contributed by atoms with Crippen LogP contribution in [0.3, 0.4) is 0 Å². The van der Waals surface area contributed by atoms with Gasteiger partial charge >= 0.3 is 0 Å². The first-order valence-corrected chi connectivity index (χ1v) is 15.9. The zero-order chi connectivity index (χ0) is 30.1. The fraction of sp³-hybridized carbons (Fsp3) is 0.0667. The van der Waals surface area contributed by atoms with Crippen molar-refractivity contribution >= 4 is 32.3 Å². The van der Waals surface area contributed by atoms with Crippen LogP contribution in [0.5, 0.6) is 0 Å². The van der Waals surface area contributed by atoms with Crippen molar-refractivity contribution in [2.75, 3.05) is 0 Å². The molecule has 212 valence electrons. The normalized spacial score (nSPS) is 12.1. The first-order chi connectivity index (χ1) is 22.2. The number of hydrogen-bond donors (Lipinski definition) is 0. The number of hydrogen-bond acceptors (Lipinski definition) is 0. The Morgan fingerprint density at radius 2 is 1.00 bits per heavy atom. The van der Waals surface area contributed by atoms with Crippen molar-refractivity contribution in [2.45, 2.75) is 20.3 Å². The van der Waals surface area contributed by atoms with Crippen LogP contribution in [-0.4, -0.2) is 0 Å². The smallest absolute Gasteiger partial charge is 0.000717 e. The zero-order valence-electron chi connectivity index (χ0n) is 25.6. The van der Waals surface area contributed by atoms with Gasteiger partial charge in [-0.05, 0) is 131 Å². The lowest BCUT2D eigenvalue weighted by Gasteiger charge is -2.23. The second-order valence-corrected chi connectivity index (χ2v) is 12.5. The summed E-state index contributed by atoms with van der Waals surface area (Å²) >= 11 is 0. The molecule has 0 heterocycles. The van der Waals surface area contributed by atoms with E-state index in [0.29, 0.717) is 0 Å². The number of benzene rings is 8. The molecule has 0 spiro atoms. The van der Waals surface area contributed by atoms with Crippen molar-refractivity contribution in [3.05, 3.63) is 168 Å². The van der Waals surface area contributed by atoms with E-state index in [4.69, 9.17) is 0 Å². The molecule has 0 bridgehead atoms. The van der Waals surface area contributed by atoms with Gasteiger partial charge in [-0.15, -0.1) is 0 Å². The van der Waals surface area contributed by atoms with Gasteiger partial charge < -0.3 is 0 Å². The standard InChI is InChI=1S/C45H32/c1-28-24-42-36-18-8-6-15-33(36)27-43(42)44(29(28)2)45-40(23-22-34-25-31-13-3-4-14-32(31)26-41(34)45)39-20-10-9-19-38(39)37-21-11-16-30-12-5-7-17-35(30)37/h3-26H,27H2,1-2H3. The molecular formula is C45H32. The lowest BCUT2D eigenvalue weighted by molar-refractivity contribution is 1.23. The predicted octanol–water partition coefficient (Wildman–Crippen LogP) is 12.3. The third kappa shape index (κ3) is 3.99. The maximum atomic E-state index is 2.43. The monoisotopic (exact) mass is 572 g/mol. The average molecular weight is 573 g/mol. The summed E-state index contributed by atoms with van der Waals surface area (Å²) in [5, 5.41) is 7.68. The molecule has 0 unspecified atom stereocenters. The fourth-order valence-electron chi connectivity index (χ4n) is 7.78. The Balaban J connectivity index is 1.42. The first-order valence-electron chi connectivity index (χ1n) is 15.9. The summed E-state index contributed by atoms with van der Waals surface area (Å²) in [4.78, 5) is 0. The highest BCUT2D eigenvalue weighted by molar-refractivity contribution is 6.13. The minimum Gasteiger partial charge on any atom is -0.0619 e. The Morgan fingerprint density at radius 1 is 0.378 bits per heavy atom. The largest absolute Gasteiger partial charge is 0.0619 e. The second-order valence-electron chi connectivity index (χ2n) is 12.5. The molecule has 0 saturated carbocycles. The summed E-state index contributed by atoms with van der Waals surface area (Å²) in [5.74, 6) is 0. The van der Waals surface area contributed by atoms with E-state index in [1.807, 2.05) is 0 Å². The molecule has 0 aromatic heterocycles. The van der Waals surface area contributed by atoms with Crippen LogP contribution in [0, 0.1) is 13.8 Å². The lowest BCUT2D eigenvalue weighted by Crippen LogP contribution is -1.99.